The van der Waals surface area contributed by atoms with E-state index in [0.717, 1.165) is 17.1 Å². The largest absolute Gasteiger partial charge is 0.465 e. The number of aromatic nitrogens is 3. The fourth-order valence-corrected chi connectivity index (χ4v) is 3.89. The normalized spacial score (nSPS) is 16.7. The Morgan fingerprint density at radius 2 is 1.65 bits per heavy atom. The highest BCUT2D eigenvalue weighted by atomic mass is 32.2. The van der Waals surface area contributed by atoms with Gasteiger partial charge in [0, 0.05) is 17.7 Å². The zero-order valence-corrected chi connectivity index (χ0v) is 15.5. The molecule has 0 bridgehead atoms. The van der Waals surface area contributed by atoms with Crippen molar-refractivity contribution in [1.82, 2.24) is 14.8 Å². The highest BCUT2D eigenvalue weighted by Gasteiger charge is 2.30. The van der Waals surface area contributed by atoms with Crippen LogP contribution in [0.15, 0.2) is 53.7 Å². The summed E-state index contributed by atoms with van der Waals surface area (Å²) in [4.78, 5) is 11.9. The Kier molecular flexibility index (Phi) is 4.51. The fourth-order valence-electron chi connectivity index (χ4n) is 2.87. The number of nitrogens with zero attached hydrogens (tertiary/aromatic N) is 3. The van der Waals surface area contributed by atoms with Crippen LogP contribution in [0.4, 0.5) is 0 Å². The number of hydrogen-bond acceptors (Lipinski definition) is 5. The van der Waals surface area contributed by atoms with Gasteiger partial charge in [-0.05, 0) is 26.0 Å². The van der Waals surface area contributed by atoms with Crippen LogP contribution in [-0.2, 0) is 9.53 Å². The lowest BCUT2D eigenvalue weighted by molar-refractivity contribution is -0.137. The number of cyclic esters (lactones) is 1. The van der Waals surface area contributed by atoms with Crippen molar-refractivity contribution in [2.45, 2.75) is 30.7 Å². The predicted molar refractivity (Wildman–Crippen MR) is 101 cm³/mol. The van der Waals surface area contributed by atoms with E-state index in [9.17, 15) is 4.79 Å². The number of ether oxygens (including phenoxy) is 1. The molecule has 0 amide bonds. The van der Waals surface area contributed by atoms with Crippen LogP contribution in [-0.4, -0.2) is 32.6 Å². The third-order valence-electron chi connectivity index (χ3n) is 4.37. The number of carbonyl (C=O) groups is 1. The third kappa shape index (κ3) is 3.24. The molecule has 1 aliphatic rings. The Balaban J connectivity index is 1.80. The van der Waals surface area contributed by atoms with Crippen molar-refractivity contribution in [3.05, 3.63) is 59.7 Å². The quantitative estimate of drug-likeness (QED) is 0.655. The molecule has 1 atom stereocenters. The van der Waals surface area contributed by atoms with Crippen LogP contribution >= 0.6 is 11.8 Å². The molecule has 0 saturated carbocycles. The summed E-state index contributed by atoms with van der Waals surface area (Å²) in [5.41, 5.74) is 4.35. The minimum Gasteiger partial charge on any atom is -0.465 e. The molecule has 0 radical (unpaired) electrons. The fraction of sp³-hybridized carbons (Fsp3) is 0.250. The maximum atomic E-state index is 11.9. The zero-order valence-electron chi connectivity index (χ0n) is 14.7. The monoisotopic (exact) mass is 365 g/mol. The van der Waals surface area contributed by atoms with Gasteiger partial charge in [-0.2, -0.15) is 0 Å². The molecule has 1 aliphatic heterocycles. The van der Waals surface area contributed by atoms with Crippen molar-refractivity contribution in [3.63, 3.8) is 0 Å². The Hall–Kier alpha value is -2.60. The van der Waals surface area contributed by atoms with E-state index < -0.39 is 0 Å². The SMILES string of the molecule is Cc1ccc(-c2nnc(S[C@@H]3CCOC3=O)n2-c2ccc(C)cc2)cc1. The summed E-state index contributed by atoms with van der Waals surface area (Å²) in [5.74, 6) is 0.591. The molecular formula is C20H19N3O2S. The van der Waals surface area contributed by atoms with Gasteiger partial charge in [0.15, 0.2) is 11.0 Å². The van der Waals surface area contributed by atoms with E-state index in [0.29, 0.717) is 18.2 Å². The van der Waals surface area contributed by atoms with E-state index in [2.05, 4.69) is 48.3 Å². The molecule has 0 aliphatic carbocycles. The van der Waals surface area contributed by atoms with Crippen molar-refractivity contribution in [1.29, 1.82) is 0 Å². The van der Waals surface area contributed by atoms with Crippen LogP contribution < -0.4 is 0 Å². The lowest BCUT2D eigenvalue weighted by Gasteiger charge is -2.12. The predicted octanol–water partition coefficient (Wildman–Crippen LogP) is 3.96. The number of benzene rings is 2. The van der Waals surface area contributed by atoms with Crippen LogP contribution in [0, 0.1) is 13.8 Å². The van der Waals surface area contributed by atoms with E-state index in [1.807, 2.05) is 28.8 Å². The minimum atomic E-state index is -0.228. The summed E-state index contributed by atoms with van der Waals surface area (Å²) >= 11 is 1.42. The van der Waals surface area contributed by atoms with Gasteiger partial charge in [0.2, 0.25) is 0 Å². The number of esters is 1. The molecule has 5 nitrogen and oxygen atoms in total. The van der Waals surface area contributed by atoms with Gasteiger partial charge >= 0.3 is 5.97 Å². The molecule has 3 aromatic rings. The first kappa shape index (κ1) is 16.8. The van der Waals surface area contributed by atoms with Crippen molar-refractivity contribution in [2.75, 3.05) is 6.61 Å². The van der Waals surface area contributed by atoms with Gasteiger partial charge in [-0.3, -0.25) is 9.36 Å². The first-order valence-corrected chi connectivity index (χ1v) is 9.42. The lowest BCUT2D eigenvalue weighted by Crippen LogP contribution is -2.11. The molecule has 2 heterocycles. The van der Waals surface area contributed by atoms with Gasteiger partial charge in [0.1, 0.15) is 5.25 Å². The first-order valence-electron chi connectivity index (χ1n) is 8.54. The topological polar surface area (TPSA) is 57.0 Å². The van der Waals surface area contributed by atoms with Crippen LogP contribution in [0.25, 0.3) is 17.1 Å². The number of rotatable bonds is 4. The molecule has 0 N–H and O–H groups in total. The summed E-state index contributed by atoms with van der Waals surface area (Å²) in [7, 11) is 0. The van der Waals surface area contributed by atoms with Gasteiger partial charge in [0.05, 0.1) is 6.61 Å². The van der Waals surface area contributed by atoms with Crippen molar-refractivity contribution < 1.29 is 9.53 Å². The summed E-state index contributed by atoms with van der Waals surface area (Å²) in [6, 6.07) is 16.4. The van der Waals surface area contributed by atoms with Gasteiger partial charge in [-0.15, -0.1) is 10.2 Å². The third-order valence-corrected chi connectivity index (χ3v) is 5.56. The first-order chi connectivity index (χ1) is 12.6. The maximum Gasteiger partial charge on any atom is 0.319 e. The smallest absolute Gasteiger partial charge is 0.319 e. The van der Waals surface area contributed by atoms with Crippen molar-refractivity contribution in [2.24, 2.45) is 0 Å². The molecule has 4 rings (SSSR count). The Labute approximate surface area is 156 Å². The molecule has 26 heavy (non-hydrogen) atoms. The highest BCUT2D eigenvalue weighted by Crippen LogP contribution is 2.33. The summed E-state index contributed by atoms with van der Waals surface area (Å²) in [6.07, 6.45) is 0.699. The standard InChI is InChI=1S/C20H19N3O2S/c1-13-3-7-15(8-4-13)18-21-22-20(26-17-11-12-25-19(17)24)23(18)16-9-5-14(2)6-10-16/h3-10,17H,11-12H2,1-2H3/t17-/m1/s1. The van der Waals surface area contributed by atoms with Crippen molar-refractivity contribution >= 4 is 17.7 Å². The molecule has 1 aromatic heterocycles. The van der Waals surface area contributed by atoms with E-state index in [1.54, 1.807) is 0 Å². The molecule has 0 spiro atoms. The lowest BCUT2D eigenvalue weighted by atomic mass is 10.1. The molecule has 6 heteroatoms. The van der Waals surface area contributed by atoms with E-state index in [1.165, 1.54) is 22.9 Å². The Morgan fingerprint density at radius 3 is 2.27 bits per heavy atom. The van der Waals surface area contributed by atoms with E-state index >= 15 is 0 Å². The zero-order chi connectivity index (χ0) is 18.1. The van der Waals surface area contributed by atoms with E-state index in [4.69, 9.17) is 4.74 Å². The highest BCUT2D eigenvalue weighted by molar-refractivity contribution is 8.00. The van der Waals surface area contributed by atoms with Crippen LogP contribution in [0.2, 0.25) is 0 Å². The van der Waals surface area contributed by atoms with Gasteiger partial charge in [0.25, 0.3) is 0 Å². The number of thioether (sulfide) groups is 1. The van der Waals surface area contributed by atoms with Gasteiger partial charge in [-0.1, -0.05) is 59.3 Å². The van der Waals surface area contributed by atoms with Crippen LogP contribution in [0.1, 0.15) is 17.5 Å². The second kappa shape index (κ2) is 6.96. The average molecular weight is 365 g/mol. The molecule has 1 fully saturated rings. The molecule has 0 unspecified atom stereocenters. The molecular weight excluding hydrogens is 346 g/mol. The van der Waals surface area contributed by atoms with Gasteiger partial charge < -0.3 is 4.74 Å². The van der Waals surface area contributed by atoms with E-state index in [-0.39, 0.29) is 11.2 Å². The number of carbonyl (C=O) groups excluding carboxylic acids is 1. The second-order valence-corrected chi connectivity index (χ2v) is 7.58. The summed E-state index contributed by atoms with van der Waals surface area (Å²) < 4.78 is 7.10. The molecule has 2 aromatic carbocycles. The van der Waals surface area contributed by atoms with Crippen LogP contribution in [0.5, 0.6) is 0 Å². The number of aryl methyl sites for hydroxylation is 2. The Morgan fingerprint density at radius 1 is 1.00 bits per heavy atom. The minimum absolute atomic E-state index is 0.176. The summed E-state index contributed by atoms with van der Waals surface area (Å²) in [5, 5.41) is 9.28. The van der Waals surface area contributed by atoms with Crippen LogP contribution in [0.3, 0.4) is 0 Å². The number of hydrogen-bond donors (Lipinski definition) is 0. The van der Waals surface area contributed by atoms with Crippen molar-refractivity contribution in [3.8, 4) is 17.1 Å². The molecule has 132 valence electrons. The maximum absolute atomic E-state index is 11.9. The Bertz CT molecular complexity index is 933. The second-order valence-electron chi connectivity index (χ2n) is 6.41. The van der Waals surface area contributed by atoms with Gasteiger partial charge in [-0.25, -0.2) is 0 Å². The summed E-state index contributed by atoms with van der Waals surface area (Å²) in [6.45, 7) is 4.59. The molecule has 1 saturated heterocycles. The average Bonchev–Trinajstić information content (AvgIpc) is 3.24.